The van der Waals surface area contributed by atoms with Crippen LogP contribution in [0.15, 0.2) is 59.8 Å². The van der Waals surface area contributed by atoms with Gasteiger partial charge in [0.15, 0.2) is 0 Å². The van der Waals surface area contributed by atoms with Gasteiger partial charge in [-0.25, -0.2) is 9.78 Å². The number of nitrogens with one attached hydrogen (secondary N) is 1. The molecule has 0 spiro atoms. The fourth-order valence-electron chi connectivity index (χ4n) is 3.69. The summed E-state index contributed by atoms with van der Waals surface area (Å²) in [6, 6.07) is 16.1. The van der Waals surface area contributed by atoms with Crippen molar-refractivity contribution in [3.05, 3.63) is 70.9 Å². The van der Waals surface area contributed by atoms with Crippen LogP contribution in [0.2, 0.25) is 0 Å². The maximum absolute atomic E-state index is 12.8. The average molecular weight is 361 g/mol. The number of hydrogen-bond donors (Lipinski definition) is 1. The summed E-state index contributed by atoms with van der Waals surface area (Å²) in [7, 11) is 0. The minimum absolute atomic E-state index is 0.279. The standard InChI is InChI=1S/C22H23N3O2/c1-4-15-10-12-16(13-11-15)20-19(21(26)27-5-2)14(3)23-22-24-17-8-6-7-9-18(17)25(20)22/h6-13,20H,4-5H2,1-3H3,(H,23,24). The van der Waals surface area contributed by atoms with E-state index in [0.29, 0.717) is 12.2 Å². The number of anilines is 1. The van der Waals surface area contributed by atoms with Crippen molar-refractivity contribution in [2.75, 3.05) is 11.9 Å². The second-order valence-corrected chi connectivity index (χ2v) is 6.68. The molecule has 2 heterocycles. The molecule has 1 atom stereocenters. The molecule has 1 aliphatic rings. The number of para-hydroxylation sites is 2. The molecule has 1 aliphatic heterocycles. The van der Waals surface area contributed by atoms with E-state index in [1.165, 1.54) is 5.56 Å². The summed E-state index contributed by atoms with van der Waals surface area (Å²) >= 11 is 0. The van der Waals surface area contributed by atoms with Crippen molar-refractivity contribution in [2.24, 2.45) is 0 Å². The Kier molecular flexibility index (Phi) is 4.44. The molecule has 1 N–H and O–H groups in total. The SMILES string of the molecule is CCOC(=O)C1=C(C)Nc2nc3ccccc3n2C1c1ccc(CC)cc1. The van der Waals surface area contributed by atoms with Crippen molar-refractivity contribution >= 4 is 23.0 Å². The average Bonchev–Trinajstić information content (AvgIpc) is 3.05. The summed E-state index contributed by atoms with van der Waals surface area (Å²) in [6.45, 7) is 6.21. The molecule has 0 saturated heterocycles. The number of hydrogen-bond acceptors (Lipinski definition) is 4. The van der Waals surface area contributed by atoms with Crippen LogP contribution in [0.5, 0.6) is 0 Å². The summed E-state index contributed by atoms with van der Waals surface area (Å²) in [5.41, 5.74) is 5.59. The summed E-state index contributed by atoms with van der Waals surface area (Å²) < 4.78 is 7.47. The van der Waals surface area contributed by atoms with E-state index in [9.17, 15) is 4.79 Å². The van der Waals surface area contributed by atoms with Gasteiger partial charge in [-0.3, -0.25) is 4.57 Å². The monoisotopic (exact) mass is 361 g/mol. The third-order valence-corrected chi connectivity index (χ3v) is 5.03. The highest BCUT2D eigenvalue weighted by atomic mass is 16.5. The Hall–Kier alpha value is -3.08. The molecule has 5 heteroatoms. The van der Waals surface area contributed by atoms with Gasteiger partial charge in [0.1, 0.15) is 0 Å². The van der Waals surface area contributed by atoms with Crippen LogP contribution in [0.4, 0.5) is 5.95 Å². The molecule has 0 saturated carbocycles. The van der Waals surface area contributed by atoms with Gasteiger partial charge in [-0.15, -0.1) is 0 Å². The van der Waals surface area contributed by atoms with Crippen LogP contribution >= 0.6 is 0 Å². The lowest BCUT2D eigenvalue weighted by Gasteiger charge is -2.30. The summed E-state index contributed by atoms with van der Waals surface area (Å²) in [6.07, 6.45) is 0.978. The first-order valence-corrected chi connectivity index (χ1v) is 9.34. The number of esters is 1. The quantitative estimate of drug-likeness (QED) is 0.698. The highest BCUT2D eigenvalue weighted by Crippen LogP contribution is 2.39. The van der Waals surface area contributed by atoms with Gasteiger partial charge < -0.3 is 10.1 Å². The Bertz CT molecular complexity index is 1030. The van der Waals surface area contributed by atoms with Crippen LogP contribution in [0.1, 0.15) is 37.9 Å². The van der Waals surface area contributed by atoms with E-state index in [-0.39, 0.29) is 12.0 Å². The number of allylic oxidation sites excluding steroid dienone is 1. The number of carbonyl (C=O) groups is 1. The van der Waals surface area contributed by atoms with Crippen molar-refractivity contribution in [1.29, 1.82) is 0 Å². The molecular formula is C22H23N3O2. The molecule has 138 valence electrons. The molecule has 0 aliphatic carbocycles. The molecule has 2 aromatic carbocycles. The van der Waals surface area contributed by atoms with Crippen molar-refractivity contribution in [1.82, 2.24) is 9.55 Å². The minimum atomic E-state index is -0.296. The number of carbonyl (C=O) groups excluding carboxylic acids is 1. The molecule has 1 unspecified atom stereocenters. The van der Waals surface area contributed by atoms with Gasteiger partial charge in [-0.2, -0.15) is 0 Å². The lowest BCUT2D eigenvalue weighted by Crippen LogP contribution is -2.29. The summed E-state index contributed by atoms with van der Waals surface area (Å²) in [4.78, 5) is 17.5. The number of fused-ring (bicyclic) bond motifs is 3. The molecular weight excluding hydrogens is 338 g/mol. The Morgan fingerprint density at radius 3 is 2.59 bits per heavy atom. The molecule has 4 rings (SSSR count). The summed E-state index contributed by atoms with van der Waals surface area (Å²) in [5.74, 6) is 0.446. The fraction of sp³-hybridized carbons (Fsp3) is 0.273. The van der Waals surface area contributed by atoms with Crippen LogP contribution in [0, 0.1) is 0 Å². The molecule has 5 nitrogen and oxygen atoms in total. The zero-order chi connectivity index (χ0) is 19.0. The predicted molar refractivity (Wildman–Crippen MR) is 107 cm³/mol. The highest BCUT2D eigenvalue weighted by molar-refractivity contribution is 5.94. The molecule has 0 radical (unpaired) electrons. The van der Waals surface area contributed by atoms with Crippen molar-refractivity contribution in [3.63, 3.8) is 0 Å². The zero-order valence-electron chi connectivity index (χ0n) is 15.8. The van der Waals surface area contributed by atoms with Gasteiger partial charge in [0.2, 0.25) is 5.95 Å². The highest BCUT2D eigenvalue weighted by Gasteiger charge is 2.34. The van der Waals surface area contributed by atoms with Crippen molar-refractivity contribution in [2.45, 2.75) is 33.2 Å². The molecule has 0 bridgehead atoms. The number of imidazole rings is 1. The van der Waals surface area contributed by atoms with Gasteiger partial charge >= 0.3 is 5.97 Å². The molecule has 0 fully saturated rings. The normalized spacial score (nSPS) is 16.2. The van der Waals surface area contributed by atoms with Gasteiger partial charge in [0.25, 0.3) is 0 Å². The van der Waals surface area contributed by atoms with Crippen LogP contribution in [-0.2, 0) is 16.0 Å². The first-order chi connectivity index (χ1) is 13.1. The molecule has 1 aromatic heterocycles. The Morgan fingerprint density at radius 2 is 1.89 bits per heavy atom. The first kappa shape index (κ1) is 17.3. The van der Waals surface area contributed by atoms with Gasteiger partial charge in [0, 0.05) is 5.70 Å². The van der Waals surface area contributed by atoms with Gasteiger partial charge in [-0.1, -0.05) is 43.3 Å². The van der Waals surface area contributed by atoms with E-state index in [2.05, 4.69) is 41.1 Å². The fourth-order valence-corrected chi connectivity index (χ4v) is 3.69. The van der Waals surface area contributed by atoms with E-state index >= 15 is 0 Å². The Balaban J connectivity index is 1.94. The molecule has 3 aromatic rings. The number of ether oxygens (including phenoxy) is 1. The van der Waals surface area contributed by atoms with Gasteiger partial charge in [-0.05, 0) is 43.5 Å². The van der Waals surface area contributed by atoms with E-state index in [1.54, 1.807) is 0 Å². The van der Waals surface area contributed by atoms with Crippen molar-refractivity contribution < 1.29 is 9.53 Å². The Morgan fingerprint density at radius 1 is 1.15 bits per heavy atom. The lowest BCUT2D eigenvalue weighted by molar-refractivity contribution is -0.139. The second-order valence-electron chi connectivity index (χ2n) is 6.68. The van der Waals surface area contributed by atoms with Crippen LogP contribution in [0.25, 0.3) is 11.0 Å². The Labute approximate surface area is 158 Å². The predicted octanol–water partition coefficient (Wildman–Crippen LogP) is 4.45. The van der Waals surface area contributed by atoms with E-state index < -0.39 is 0 Å². The molecule has 27 heavy (non-hydrogen) atoms. The maximum Gasteiger partial charge on any atom is 0.338 e. The zero-order valence-corrected chi connectivity index (χ0v) is 15.8. The number of nitrogens with zero attached hydrogens (tertiary/aromatic N) is 2. The van der Waals surface area contributed by atoms with Gasteiger partial charge in [0.05, 0.1) is 29.3 Å². The number of rotatable bonds is 4. The van der Waals surface area contributed by atoms with E-state index in [0.717, 1.165) is 34.7 Å². The lowest BCUT2D eigenvalue weighted by atomic mass is 9.94. The van der Waals surface area contributed by atoms with Crippen LogP contribution in [-0.4, -0.2) is 22.1 Å². The maximum atomic E-state index is 12.8. The topological polar surface area (TPSA) is 56.1 Å². The second kappa shape index (κ2) is 6.91. The number of benzene rings is 2. The molecule has 0 amide bonds. The first-order valence-electron chi connectivity index (χ1n) is 9.34. The number of aromatic nitrogens is 2. The third-order valence-electron chi connectivity index (χ3n) is 5.03. The summed E-state index contributed by atoms with van der Waals surface area (Å²) in [5, 5.41) is 3.29. The largest absolute Gasteiger partial charge is 0.463 e. The number of aryl methyl sites for hydroxylation is 1. The minimum Gasteiger partial charge on any atom is -0.463 e. The third kappa shape index (κ3) is 2.89. The van der Waals surface area contributed by atoms with Crippen LogP contribution < -0.4 is 5.32 Å². The smallest absolute Gasteiger partial charge is 0.338 e. The van der Waals surface area contributed by atoms with Crippen molar-refractivity contribution in [3.8, 4) is 0 Å². The van der Waals surface area contributed by atoms with E-state index in [1.807, 2.05) is 38.1 Å². The van der Waals surface area contributed by atoms with E-state index in [4.69, 9.17) is 9.72 Å². The van der Waals surface area contributed by atoms with Crippen LogP contribution in [0.3, 0.4) is 0 Å².